The lowest BCUT2D eigenvalue weighted by molar-refractivity contribution is 0.0693. The molecule has 0 unspecified atom stereocenters. The van der Waals surface area contributed by atoms with Crippen molar-refractivity contribution < 1.29 is 24.2 Å². The van der Waals surface area contributed by atoms with E-state index in [-0.39, 0.29) is 22.2 Å². The molecule has 1 amide bonds. The molecule has 7 heteroatoms. The Balaban J connectivity index is 2.18. The molecular formula is C12H8ClNO5. The summed E-state index contributed by atoms with van der Waals surface area (Å²) < 4.78 is 4.91. The molecule has 1 aromatic heterocycles. The van der Waals surface area contributed by atoms with Crippen molar-refractivity contribution in [3.05, 3.63) is 46.9 Å². The molecule has 0 aliphatic heterocycles. The summed E-state index contributed by atoms with van der Waals surface area (Å²) in [5.74, 6) is -2.25. The molecule has 2 aromatic rings. The molecule has 0 atom stereocenters. The Hall–Kier alpha value is -2.47. The van der Waals surface area contributed by atoms with E-state index in [1.807, 2.05) is 0 Å². The standard InChI is InChI=1S/C12H8ClNO5/c13-10-4-3-9(19-10)11(16)14-6-1-2-7(12(17)18)8(15)5-6/h1-5,15H,(H,14,16)(H,17,18). The number of benzene rings is 1. The number of amides is 1. The van der Waals surface area contributed by atoms with Gasteiger partial charge < -0.3 is 19.9 Å². The van der Waals surface area contributed by atoms with Gasteiger partial charge in [-0.15, -0.1) is 0 Å². The second kappa shape index (κ2) is 5.03. The van der Waals surface area contributed by atoms with Crippen molar-refractivity contribution in [3.63, 3.8) is 0 Å². The van der Waals surface area contributed by atoms with Gasteiger partial charge in [0.15, 0.2) is 11.0 Å². The Bertz CT molecular complexity index is 649. The highest BCUT2D eigenvalue weighted by Gasteiger charge is 2.13. The number of carboxylic acids is 1. The molecule has 1 aromatic carbocycles. The zero-order valence-electron chi connectivity index (χ0n) is 9.38. The third-order valence-electron chi connectivity index (χ3n) is 2.28. The SMILES string of the molecule is O=C(Nc1ccc(C(=O)O)c(O)c1)c1ccc(Cl)o1. The summed E-state index contributed by atoms with van der Waals surface area (Å²) in [5, 5.41) is 20.7. The van der Waals surface area contributed by atoms with Gasteiger partial charge in [0.2, 0.25) is 0 Å². The number of carboxylic acid groups (broad SMARTS) is 1. The number of furan rings is 1. The van der Waals surface area contributed by atoms with Gasteiger partial charge in [0.1, 0.15) is 11.3 Å². The van der Waals surface area contributed by atoms with Crippen molar-refractivity contribution in [2.75, 3.05) is 5.32 Å². The maximum atomic E-state index is 11.7. The number of phenols is 1. The summed E-state index contributed by atoms with van der Waals surface area (Å²) in [5.41, 5.74) is -0.0148. The summed E-state index contributed by atoms with van der Waals surface area (Å²) in [6, 6.07) is 6.48. The van der Waals surface area contributed by atoms with Gasteiger partial charge >= 0.3 is 5.97 Å². The highest BCUT2D eigenvalue weighted by Crippen LogP contribution is 2.23. The van der Waals surface area contributed by atoms with Crippen molar-refractivity contribution in [1.29, 1.82) is 0 Å². The number of anilines is 1. The topological polar surface area (TPSA) is 99.8 Å². The number of aromatic carboxylic acids is 1. The van der Waals surface area contributed by atoms with Crippen molar-refractivity contribution in [2.24, 2.45) is 0 Å². The van der Waals surface area contributed by atoms with E-state index in [0.29, 0.717) is 0 Å². The Kier molecular flexibility index (Phi) is 3.43. The van der Waals surface area contributed by atoms with E-state index in [2.05, 4.69) is 5.32 Å². The number of carbonyl (C=O) groups is 2. The van der Waals surface area contributed by atoms with Gasteiger partial charge in [-0.25, -0.2) is 4.79 Å². The quantitative estimate of drug-likeness (QED) is 0.803. The van der Waals surface area contributed by atoms with Crippen LogP contribution in [-0.4, -0.2) is 22.1 Å². The molecule has 0 radical (unpaired) electrons. The van der Waals surface area contributed by atoms with Crippen LogP contribution < -0.4 is 5.32 Å². The van der Waals surface area contributed by atoms with Crippen LogP contribution in [0.2, 0.25) is 5.22 Å². The van der Waals surface area contributed by atoms with Gasteiger partial charge in [-0.3, -0.25) is 4.79 Å². The molecule has 0 saturated heterocycles. The van der Waals surface area contributed by atoms with E-state index in [1.54, 1.807) is 0 Å². The molecule has 1 heterocycles. The maximum absolute atomic E-state index is 11.7. The summed E-state index contributed by atoms with van der Waals surface area (Å²) in [4.78, 5) is 22.4. The molecule has 19 heavy (non-hydrogen) atoms. The largest absolute Gasteiger partial charge is 0.507 e. The first-order chi connectivity index (χ1) is 8.97. The highest BCUT2D eigenvalue weighted by molar-refractivity contribution is 6.29. The van der Waals surface area contributed by atoms with Crippen molar-refractivity contribution in [1.82, 2.24) is 0 Å². The molecule has 3 N–H and O–H groups in total. The number of carbonyl (C=O) groups excluding carboxylic acids is 1. The van der Waals surface area contributed by atoms with E-state index in [4.69, 9.17) is 21.1 Å². The van der Waals surface area contributed by atoms with Gasteiger partial charge in [-0.05, 0) is 35.9 Å². The molecule has 0 bridgehead atoms. The number of hydrogen-bond acceptors (Lipinski definition) is 4. The predicted molar refractivity (Wildman–Crippen MR) is 66.7 cm³/mol. The second-order valence-electron chi connectivity index (χ2n) is 3.59. The van der Waals surface area contributed by atoms with E-state index >= 15 is 0 Å². The summed E-state index contributed by atoms with van der Waals surface area (Å²) in [7, 11) is 0. The Morgan fingerprint density at radius 3 is 2.47 bits per heavy atom. The Labute approximate surface area is 112 Å². The average molecular weight is 282 g/mol. The van der Waals surface area contributed by atoms with Crippen molar-refractivity contribution in [3.8, 4) is 5.75 Å². The normalized spacial score (nSPS) is 10.2. The van der Waals surface area contributed by atoms with Crippen LogP contribution >= 0.6 is 11.6 Å². The fourth-order valence-corrected chi connectivity index (χ4v) is 1.57. The number of rotatable bonds is 3. The predicted octanol–water partition coefficient (Wildman–Crippen LogP) is 2.59. The third-order valence-corrected chi connectivity index (χ3v) is 2.49. The smallest absolute Gasteiger partial charge is 0.339 e. The van der Waals surface area contributed by atoms with Crippen LogP contribution in [0.5, 0.6) is 5.75 Å². The number of nitrogens with one attached hydrogen (secondary N) is 1. The van der Waals surface area contributed by atoms with Gasteiger partial charge in [0, 0.05) is 11.8 Å². The van der Waals surface area contributed by atoms with Crippen LogP contribution in [0, 0.1) is 0 Å². The number of halogens is 1. The van der Waals surface area contributed by atoms with Gasteiger partial charge in [0.25, 0.3) is 5.91 Å². The lowest BCUT2D eigenvalue weighted by Crippen LogP contribution is -2.11. The van der Waals surface area contributed by atoms with E-state index in [0.717, 1.165) is 6.07 Å². The highest BCUT2D eigenvalue weighted by atomic mass is 35.5. The van der Waals surface area contributed by atoms with Crippen LogP contribution in [0.4, 0.5) is 5.69 Å². The zero-order valence-corrected chi connectivity index (χ0v) is 10.1. The fourth-order valence-electron chi connectivity index (χ4n) is 1.42. The third kappa shape index (κ3) is 2.86. The molecule has 2 rings (SSSR count). The zero-order chi connectivity index (χ0) is 14.0. The first-order valence-electron chi connectivity index (χ1n) is 5.10. The lowest BCUT2D eigenvalue weighted by Gasteiger charge is -2.05. The van der Waals surface area contributed by atoms with E-state index in [9.17, 15) is 14.7 Å². The Morgan fingerprint density at radius 2 is 1.95 bits per heavy atom. The molecular weight excluding hydrogens is 274 g/mol. The number of aromatic hydroxyl groups is 1. The lowest BCUT2D eigenvalue weighted by atomic mass is 10.2. The van der Waals surface area contributed by atoms with Crippen molar-refractivity contribution in [2.45, 2.75) is 0 Å². The van der Waals surface area contributed by atoms with Crippen LogP contribution in [0.1, 0.15) is 20.9 Å². The molecule has 0 spiro atoms. The van der Waals surface area contributed by atoms with E-state index in [1.165, 1.54) is 24.3 Å². The monoisotopic (exact) mass is 281 g/mol. The molecule has 98 valence electrons. The van der Waals surface area contributed by atoms with Gasteiger partial charge in [-0.1, -0.05) is 0 Å². The summed E-state index contributed by atoms with van der Waals surface area (Å²) in [6.45, 7) is 0. The summed E-state index contributed by atoms with van der Waals surface area (Å²) in [6.07, 6.45) is 0. The van der Waals surface area contributed by atoms with Crippen LogP contribution in [-0.2, 0) is 0 Å². The minimum atomic E-state index is -1.26. The van der Waals surface area contributed by atoms with Crippen molar-refractivity contribution >= 4 is 29.2 Å². The minimum absolute atomic E-state index is 0.00630. The van der Waals surface area contributed by atoms with Gasteiger partial charge in [-0.2, -0.15) is 0 Å². The van der Waals surface area contributed by atoms with Crippen LogP contribution in [0.3, 0.4) is 0 Å². The molecule has 0 aliphatic carbocycles. The first-order valence-corrected chi connectivity index (χ1v) is 5.48. The fraction of sp³-hybridized carbons (Fsp3) is 0. The molecule has 0 saturated carbocycles. The number of hydrogen-bond donors (Lipinski definition) is 3. The first kappa shape index (κ1) is 13.0. The van der Waals surface area contributed by atoms with Crippen LogP contribution in [0.25, 0.3) is 0 Å². The Morgan fingerprint density at radius 1 is 1.21 bits per heavy atom. The maximum Gasteiger partial charge on any atom is 0.339 e. The molecule has 0 aliphatic rings. The van der Waals surface area contributed by atoms with E-state index < -0.39 is 17.6 Å². The molecule has 0 fully saturated rings. The van der Waals surface area contributed by atoms with Crippen LogP contribution in [0.15, 0.2) is 34.7 Å². The molecule has 6 nitrogen and oxygen atoms in total. The second-order valence-corrected chi connectivity index (χ2v) is 3.97. The average Bonchev–Trinajstić information content (AvgIpc) is 2.75. The minimum Gasteiger partial charge on any atom is -0.507 e. The van der Waals surface area contributed by atoms with Gasteiger partial charge in [0.05, 0.1) is 0 Å². The summed E-state index contributed by atoms with van der Waals surface area (Å²) >= 11 is 5.54.